The maximum Gasteiger partial charge on any atom is 0.219 e. The average Bonchev–Trinajstić information content (AvgIpc) is 2.48. The minimum absolute atomic E-state index is 0. The molecule has 3 N–H and O–H groups in total. The van der Waals surface area contributed by atoms with Gasteiger partial charge in [-0.2, -0.15) is 0 Å². The van der Waals surface area contributed by atoms with E-state index in [1.54, 1.807) is 6.92 Å². The van der Waals surface area contributed by atoms with Crippen LogP contribution in [0.5, 0.6) is 0 Å². The van der Waals surface area contributed by atoms with Gasteiger partial charge in [0.05, 0.1) is 6.10 Å². The minimum Gasteiger partial charge on any atom is -0.390 e. The third-order valence-corrected chi connectivity index (χ3v) is 4.07. The number of piperazine rings is 1. The predicted molar refractivity (Wildman–Crippen MR) is 90.1 cm³/mol. The van der Waals surface area contributed by atoms with Crippen molar-refractivity contribution in [1.82, 2.24) is 9.80 Å². The van der Waals surface area contributed by atoms with Crippen molar-refractivity contribution in [2.24, 2.45) is 5.73 Å². The van der Waals surface area contributed by atoms with Crippen LogP contribution in [0, 0.1) is 0 Å². The topological polar surface area (TPSA) is 69.8 Å². The molecule has 1 aliphatic heterocycles. The first-order valence-electron chi connectivity index (χ1n) is 7.51. The molecule has 0 aromatic heterocycles. The predicted octanol–water partition coefficient (Wildman–Crippen LogP) is 0.503. The standard InChI is InChI=1S/C16H25N3O2.ClH/c1-13(20)19-9-7-18(8-10-19)12-16(21)15(17)11-14-5-3-2-4-6-14;/h2-6,15-16,21H,7-12,17H2,1H3;1H/t15-,16+;/m0./s1. The van der Waals surface area contributed by atoms with E-state index in [9.17, 15) is 9.90 Å². The van der Waals surface area contributed by atoms with Crippen LogP contribution in [0.2, 0.25) is 0 Å². The second-order valence-corrected chi connectivity index (χ2v) is 5.73. The third-order valence-electron chi connectivity index (χ3n) is 4.07. The van der Waals surface area contributed by atoms with Crippen molar-refractivity contribution in [1.29, 1.82) is 0 Å². The third kappa shape index (κ3) is 5.57. The number of nitrogens with two attached hydrogens (primary N) is 1. The molecule has 0 spiro atoms. The molecule has 5 nitrogen and oxygen atoms in total. The van der Waals surface area contributed by atoms with Gasteiger partial charge in [0.1, 0.15) is 0 Å². The van der Waals surface area contributed by atoms with E-state index >= 15 is 0 Å². The zero-order valence-electron chi connectivity index (χ0n) is 13.0. The van der Waals surface area contributed by atoms with Crippen LogP contribution in [0.3, 0.4) is 0 Å². The second kappa shape index (κ2) is 9.10. The van der Waals surface area contributed by atoms with Gasteiger partial charge in [-0.15, -0.1) is 12.4 Å². The van der Waals surface area contributed by atoms with Crippen molar-refractivity contribution < 1.29 is 9.90 Å². The number of β-amino-alcohol motifs (C(OH)–C–C–N with tert-alkyl or cyclic N) is 1. The molecule has 0 unspecified atom stereocenters. The molecule has 1 amide bonds. The molecule has 0 radical (unpaired) electrons. The lowest BCUT2D eigenvalue weighted by atomic mass is 10.0. The van der Waals surface area contributed by atoms with Crippen molar-refractivity contribution >= 4 is 18.3 Å². The zero-order chi connectivity index (χ0) is 15.2. The number of carbonyl (C=O) groups excluding carboxylic acids is 1. The molecule has 0 saturated carbocycles. The van der Waals surface area contributed by atoms with E-state index in [1.165, 1.54) is 0 Å². The smallest absolute Gasteiger partial charge is 0.219 e. The molecular weight excluding hydrogens is 302 g/mol. The fourth-order valence-electron chi connectivity index (χ4n) is 2.67. The van der Waals surface area contributed by atoms with Crippen molar-refractivity contribution in [3.05, 3.63) is 35.9 Å². The van der Waals surface area contributed by atoms with Gasteiger partial charge in [0.15, 0.2) is 0 Å². The number of carbonyl (C=O) groups is 1. The van der Waals surface area contributed by atoms with Gasteiger partial charge in [0, 0.05) is 45.7 Å². The maximum atomic E-state index is 11.3. The Bertz CT molecular complexity index is 450. The molecule has 2 atom stereocenters. The van der Waals surface area contributed by atoms with E-state index in [1.807, 2.05) is 35.2 Å². The summed E-state index contributed by atoms with van der Waals surface area (Å²) in [7, 11) is 0. The van der Waals surface area contributed by atoms with E-state index in [0.29, 0.717) is 13.0 Å². The maximum absolute atomic E-state index is 11.3. The number of nitrogens with zero attached hydrogens (tertiary/aromatic N) is 2. The molecule has 1 saturated heterocycles. The van der Waals surface area contributed by atoms with E-state index in [-0.39, 0.29) is 24.4 Å². The van der Waals surface area contributed by atoms with Crippen LogP contribution in [-0.2, 0) is 11.2 Å². The lowest BCUT2D eigenvalue weighted by molar-refractivity contribution is -0.130. The van der Waals surface area contributed by atoms with Crippen LogP contribution in [0.15, 0.2) is 30.3 Å². The molecule has 0 bridgehead atoms. The number of hydrogen-bond acceptors (Lipinski definition) is 4. The van der Waals surface area contributed by atoms with Gasteiger partial charge in [-0.1, -0.05) is 30.3 Å². The summed E-state index contributed by atoms with van der Waals surface area (Å²) < 4.78 is 0. The Balaban J connectivity index is 0.00000242. The summed E-state index contributed by atoms with van der Waals surface area (Å²) in [6.07, 6.45) is 0.129. The van der Waals surface area contributed by atoms with Crippen LogP contribution < -0.4 is 5.73 Å². The highest BCUT2D eigenvalue weighted by Gasteiger charge is 2.23. The molecule has 6 heteroatoms. The van der Waals surface area contributed by atoms with E-state index in [4.69, 9.17) is 5.73 Å². The first-order chi connectivity index (χ1) is 10.1. The molecule has 1 fully saturated rings. The molecule has 22 heavy (non-hydrogen) atoms. The monoisotopic (exact) mass is 327 g/mol. The summed E-state index contributed by atoms with van der Waals surface area (Å²) in [5.41, 5.74) is 7.24. The number of rotatable bonds is 5. The number of aliphatic hydroxyl groups is 1. The van der Waals surface area contributed by atoms with Gasteiger partial charge >= 0.3 is 0 Å². The average molecular weight is 328 g/mol. The number of hydrogen-bond donors (Lipinski definition) is 2. The highest BCUT2D eigenvalue weighted by Crippen LogP contribution is 2.08. The van der Waals surface area contributed by atoms with Crippen molar-refractivity contribution in [3.8, 4) is 0 Å². The molecule has 1 aliphatic rings. The lowest BCUT2D eigenvalue weighted by Crippen LogP contribution is -2.52. The van der Waals surface area contributed by atoms with Crippen molar-refractivity contribution in [2.45, 2.75) is 25.5 Å². The number of benzene rings is 1. The van der Waals surface area contributed by atoms with Gasteiger partial charge in [-0.3, -0.25) is 9.69 Å². The van der Waals surface area contributed by atoms with Gasteiger partial charge < -0.3 is 15.7 Å². The normalized spacial score (nSPS) is 18.4. The summed E-state index contributed by atoms with van der Waals surface area (Å²) >= 11 is 0. The first kappa shape index (κ1) is 18.9. The summed E-state index contributed by atoms with van der Waals surface area (Å²) in [5, 5.41) is 10.3. The molecule has 1 heterocycles. The minimum atomic E-state index is -0.547. The molecular formula is C16H26ClN3O2. The summed E-state index contributed by atoms with van der Waals surface area (Å²) in [6.45, 7) is 5.23. The quantitative estimate of drug-likeness (QED) is 0.826. The fraction of sp³-hybridized carbons (Fsp3) is 0.562. The Morgan fingerprint density at radius 1 is 1.23 bits per heavy atom. The molecule has 124 valence electrons. The van der Waals surface area contributed by atoms with Crippen molar-refractivity contribution in [3.63, 3.8) is 0 Å². The highest BCUT2D eigenvalue weighted by atomic mass is 35.5. The molecule has 2 rings (SSSR count). The first-order valence-corrected chi connectivity index (χ1v) is 7.51. The lowest BCUT2D eigenvalue weighted by Gasteiger charge is -2.36. The van der Waals surface area contributed by atoms with Crippen LogP contribution in [0.4, 0.5) is 0 Å². The molecule has 1 aromatic rings. The van der Waals surface area contributed by atoms with Crippen LogP contribution in [0.1, 0.15) is 12.5 Å². The SMILES string of the molecule is CC(=O)N1CCN(C[C@@H](O)[C@@H](N)Cc2ccccc2)CC1.Cl. The summed E-state index contributed by atoms with van der Waals surface area (Å²) in [5.74, 6) is 0.121. The largest absolute Gasteiger partial charge is 0.390 e. The van der Waals surface area contributed by atoms with E-state index in [2.05, 4.69) is 4.90 Å². The number of halogens is 1. The Morgan fingerprint density at radius 2 is 1.82 bits per heavy atom. The van der Waals surface area contributed by atoms with Crippen LogP contribution in [-0.4, -0.2) is 65.7 Å². The Morgan fingerprint density at radius 3 is 2.36 bits per heavy atom. The zero-order valence-corrected chi connectivity index (χ0v) is 13.8. The van der Waals surface area contributed by atoms with E-state index in [0.717, 1.165) is 31.7 Å². The second-order valence-electron chi connectivity index (χ2n) is 5.73. The van der Waals surface area contributed by atoms with Crippen molar-refractivity contribution in [2.75, 3.05) is 32.7 Å². The fourth-order valence-corrected chi connectivity index (χ4v) is 2.67. The Hall–Kier alpha value is -1.14. The summed E-state index contributed by atoms with van der Waals surface area (Å²) in [6, 6.07) is 9.72. The van der Waals surface area contributed by atoms with Gasteiger partial charge in [-0.25, -0.2) is 0 Å². The highest BCUT2D eigenvalue weighted by molar-refractivity contribution is 5.85. The summed E-state index contributed by atoms with van der Waals surface area (Å²) in [4.78, 5) is 15.3. The van der Waals surface area contributed by atoms with Crippen LogP contribution in [0.25, 0.3) is 0 Å². The Kier molecular flexibility index (Phi) is 7.82. The Labute approximate surface area is 138 Å². The van der Waals surface area contributed by atoms with Gasteiger partial charge in [-0.05, 0) is 12.0 Å². The van der Waals surface area contributed by atoms with Gasteiger partial charge in [0.2, 0.25) is 5.91 Å². The van der Waals surface area contributed by atoms with Gasteiger partial charge in [0.25, 0.3) is 0 Å². The number of aliphatic hydroxyl groups excluding tert-OH is 1. The number of amides is 1. The van der Waals surface area contributed by atoms with Crippen LogP contribution >= 0.6 is 12.4 Å². The van der Waals surface area contributed by atoms with E-state index < -0.39 is 6.10 Å². The molecule has 0 aliphatic carbocycles. The molecule has 1 aromatic carbocycles.